The Morgan fingerprint density at radius 1 is 1.16 bits per heavy atom. The maximum atomic E-state index is 13.3. The van der Waals surface area contributed by atoms with E-state index in [0.29, 0.717) is 55.6 Å². The summed E-state index contributed by atoms with van der Waals surface area (Å²) in [5, 5.41) is 7.19. The molecule has 0 bridgehead atoms. The van der Waals surface area contributed by atoms with Crippen LogP contribution in [0.3, 0.4) is 0 Å². The highest BCUT2D eigenvalue weighted by Gasteiger charge is 2.47. The maximum absolute atomic E-state index is 13.3. The summed E-state index contributed by atoms with van der Waals surface area (Å²) in [6.45, 7) is 4.87. The summed E-state index contributed by atoms with van der Waals surface area (Å²) in [7, 11) is -3.06. The van der Waals surface area contributed by atoms with E-state index in [0.717, 1.165) is 13.8 Å². The van der Waals surface area contributed by atoms with Gasteiger partial charge in [-0.3, -0.25) is 9.48 Å². The van der Waals surface area contributed by atoms with Crippen molar-refractivity contribution in [2.45, 2.75) is 70.8 Å². The van der Waals surface area contributed by atoms with Crippen molar-refractivity contribution in [1.82, 2.24) is 15.1 Å². The lowest BCUT2D eigenvalue weighted by molar-refractivity contribution is -0.211. The fraction of sp³-hybridized carbons (Fsp3) is 0.600. The van der Waals surface area contributed by atoms with Crippen LogP contribution in [0.5, 0.6) is 0 Å². The molecule has 1 amide bonds. The van der Waals surface area contributed by atoms with Crippen molar-refractivity contribution in [3.63, 3.8) is 0 Å². The van der Waals surface area contributed by atoms with Crippen molar-refractivity contribution in [3.8, 4) is 11.3 Å². The second kappa shape index (κ2) is 11.1. The number of nitrogens with zero attached hydrogens (tertiary/aromatic N) is 2. The molecule has 0 aliphatic heterocycles. The summed E-state index contributed by atoms with van der Waals surface area (Å²) >= 11 is 13.1. The van der Waals surface area contributed by atoms with Gasteiger partial charge in [0, 0.05) is 24.9 Å². The van der Waals surface area contributed by atoms with Gasteiger partial charge in [0.2, 0.25) is 0 Å². The zero-order valence-corrected chi connectivity index (χ0v) is 23.6. The molecule has 1 aliphatic carbocycles. The summed E-state index contributed by atoms with van der Waals surface area (Å²) in [6, 6.07) is 4.66. The Bertz CT molecular complexity index is 1250. The first-order chi connectivity index (χ1) is 17.0. The zero-order chi connectivity index (χ0) is 27.8. The zero-order valence-electron chi connectivity index (χ0n) is 21.3. The van der Waals surface area contributed by atoms with E-state index in [-0.39, 0.29) is 33.3 Å². The van der Waals surface area contributed by atoms with Crippen LogP contribution in [0.1, 0.15) is 62.5 Å². The molecule has 1 aliphatic rings. The number of carbonyl (C=O) groups is 1. The topological polar surface area (TPSA) is 81.1 Å². The van der Waals surface area contributed by atoms with Gasteiger partial charge in [-0.1, -0.05) is 49.2 Å². The second-order valence-corrected chi connectivity index (χ2v) is 13.5. The van der Waals surface area contributed by atoms with Crippen LogP contribution in [0, 0.1) is 11.3 Å². The molecule has 0 unspecified atom stereocenters. The van der Waals surface area contributed by atoms with E-state index in [2.05, 4.69) is 10.4 Å². The monoisotopic (exact) mass is 581 g/mol. The molecule has 3 rings (SSSR count). The molecule has 206 valence electrons. The third kappa shape index (κ3) is 6.81. The highest BCUT2D eigenvalue weighted by atomic mass is 35.5. The van der Waals surface area contributed by atoms with Crippen LogP contribution >= 0.6 is 23.2 Å². The van der Waals surface area contributed by atoms with E-state index in [1.54, 1.807) is 12.1 Å². The van der Waals surface area contributed by atoms with Crippen LogP contribution in [0.15, 0.2) is 18.2 Å². The molecule has 0 spiro atoms. The lowest BCUT2D eigenvalue weighted by Gasteiger charge is -2.28. The summed E-state index contributed by atoms with van der Waals surface area (Å²) in [4.78, 5) is 12.9. The molecule has 37 heavy (non-hydrogen) atoms. The molecule has 2 aromatic rings. The lowest BCUT2D eigenvalue weighted by atomic mass is 9.85. The minimum atomic E-state index is -4.36. The third-order valence-corrected chi connectivity index (χ3v) is 9.42. The van der Waals surface area contributed by atoms with Crippen molar-refractivity contribution in [2.24, 2.45) is 11.3 Å². The van der Waals surface area contributed by atoms with Crippen LogP contribution in [0.4, 0.5) is 13.2 Å². The SMILES string of the molecule is CCn1nc(C(=O)NCC2CCC(S(C)(=O)=O)CC2)c(Cl)c1-c1ccc(CC(C)(C)C(F)(F)F)cc1Cl. The van der Waals surface area contributed by atoms with Gasteiger partial charge in [0.05, 0.1) is 26.4 Å². The highest BCUT2D eigenvalue weighted by molar-refractivity contribution is 7.91. The number of nitrogens with one attached hydrogen (secondary N) is 1. The molecule has 12 heteroatoms. The Labute approximate surface area is 225 Å². The number of benzene rings is 1. The maximum Gasteiger partial charge on any atom is 0.394 e. The molecule has 0 saturated heterocycles. The van der Waals surface area contributed by atoms with Crippen LogP contribution in [0.25, 0.3) is 11.3 Å². The number of aromatic nitrogens is 2. The number of amides is 1. The van der Waals surface area contributed by atoms with Crippen LogP contribution in [0.2, 0.25) is 10.0 Å². The number of aryl methyl sites for hydroxylation is 1. The van der Waals surface area contributed by atoms with Crippen molar-refractivity contribution >= 4 is 38.9 Å². The molecule has 6 nitrogen and oxygen atoms in total. The van der Waals surface area contributed by atoms with Crippen molar-refractivity contribution < 1.29 is 26.4 Å². The van der Waals surface area contributed by atoms with Crippen LogP contribution in [-0.2, 0) is 22.8 Å². The number of rotatable bonds is 8. The summed E-state index contributed by atoms with van der Waals surface area (Å²) in [6.07, 6.45) is -0.797. The van der Waals surface area contributed by atoms with Crippen LogP contribution in [-0.4, -0.2) is 48.3 Å². The minimum absolute atomic E-state index is 0.0293. The molecular formula is C25H32Cl2F3N3O3S. The Morgan fingerprint density at radius 2 is 1.78 bits per heavy atom. The molecular weight excluding hydrogens is 550 g/mol. The number of hydrogen-bond acceptors (Lipinski definition) is 4. The van der Waals surface area contributed by atoms with Gasteiger partial charge in [-0.25, -0.2) is 8.42 Å². The van der Waals surface area contributed by atoms with Crippen molar-refractivity contribution in [1.29, 1.82) is 0 Å². The fourth-order valence-electron chi connectivity index (χ4n) is 4.63. The molecule has 1 aromatic heterocycles. The van der Waals surface area contributed by atoms with Crippen molar-refractivity contribution in [2.75, 3.05) is 12.8 Å². The number of halogens is 5. The van der Waals surface area contributed by atoms with Gasteiger partial charge >= 0.3 is 6.18 Å². The molecule has 0 radical (unpaired) electrons. The number of carbonyl (C=O) groups excluding carboxylic acids is 1. The Morgan fingerprint density at radius 3 is 2.30 bits per heavy atom. The second-order valence-electron chi connectivity index (χ2n) is 10.4. The van der Waals surface area contributed by atoms with E-state index >= 15 is 0 Å². The molecule has 0 atom stereocenters. The summed E-state index contributed by atoms with van der Waals surface area (Å²) in [5.74, 6) is -0.292. The van der Waals surface area contributed by atoms with E-state index in [1.807, 2.05) is 6.92 Å². The van der Waals surface area contributed by atoms with Gasteiger partial charge in [0.25, 0.3) is 5.91 Å². The highest BCUT2D eigenvalue weighted by Crippen LogP contribution is 2.42. The van der Waals surface area contributed by atoms with Gasteiger partial charge in [-0.15, -0.1) is 0 Å². The standard InChI is InChI=1S/C25H32Cl2F3N3O3S/c1-5-33-22(18-11-8-16(12-19(18)26)13-24(2,3)25(28,29)30)20(27)21(32-33)23(34)31-14-15-6-9-17(10-7-15)37(4,35)36/h8,11-12,15,17H,5-7,9-10,13-14H2,1-4H3,(H,31,34). The fourth-order valence-corrected chi connectivity index (χ4v) is 6.37. The predicted octanol–water partition coefficient (Wildman–Crippen LogP) is 6.34. The van der Waals surface area contributed by atoms with Crippen molar-refractivity contribution in [3.05, 3.63) is 39.5 Å². The van der Waals surface area contributed by atoms with Gasteiger partial charge in [-0.2, -0.15) is 18.3 Å². The first kappa shape index (κ1) is 29.8. The number of sulfone groups is 1. The lowest BCUT2D eigenvalue weighted by Crippen LogP contribution is -2.34. The number of hydrogen-bond donors (Lipinski definition) is 1. The summed E-state index contributed by atoms with van der Waals surface area (Å²) in [5.41, 5.74) is -0.585. The Kier molecular flexibility index (Phi) is 8.96. The van der Waals surface area contributed by atoms with Crippen LogP contribution < -0.4 is 5.32 Å². The normalized spacial score (nSPS) is 19.2. The van der Waals surface area contributed by atoms with E-state index in [4.69, 9.17) is 23.2 Å². The first-order valence-corrected chi connectivity index (χ1v) is 14.8. The largest absolute Gasteiger partial charge is 0.394 e. The van der Waals surface area contributed by atoms with Gasteiger partial charge in [0.1, 0.15) is 9.84 Å². The average Bonchev–Trinajstić information content (AvgIpc) is 3.12. The third-order valence-electron chi connectivity index (χ3n) is 7.06. The molecule has 1 N–H and O–H groups in total. The Balaban J connectivity index is 1.76. The molecule has 1 fully saturated rings. The quantitative estimate of drug-likeness (QED) is 0.394. The molecule has 1 saturated carbocycles. The van der Waals surface area contributed by atoms with Gasteiger partial charge in [-0.05, 0) is 56.6 Å². The van der Waals surface area contributed by atoms with E-state index in [1.165, 1.54) is 17.0 Å². The first-order valence-electron chi connectivity index (χ1n) is 12.1. The minimum Gasteiger partial charge on any atom is -0.350 e. The molecule has 1 aromatic carbocycles. The van der Waals surface area contributed by atoms with E-state index in [9.17, 15) is 26.4 Å². The Hall–Kier alpha value is -1.78. The smallest absolute Gasteiger partial charge is 0.350 e. The average molecular weight is 583 g/mol. The summed E-state index contributed by atoms with van der Waals surface area (Å²) < 4.78 is 65.0. The number of alkyl halides is 3. The molecule has 1 heterocycles. The van der Waals surface area contributed by atoms with Gasteiger partial charge < -0.3 is 5.32 Å². The predicted molar refractivity (Wildman–Crippen MR) is 140 cm³/mol. The van der Waals surface area contributed by atoms with E-state index < -0.39 is 27.3 Å². The van der Waals surface area contributed by atoms with Gasteiger partial charge in [0.15, 0.2) is 5.69 Å².